The number of ether oxygens (including phenoxy) is 1. The maximum Gasteiger partial charge on any atom is 0.164 e. The first-order valence-corrected chi connectivity index (χ1v) is 6.74. The van der Waals surface area contributed by atoms with Gasteiger partial charge in [0.1, 0.15) is 6.33 Å². The first-order valence-electron chi connectivity index (χ1n) is 6.74. The summed E-state index contributed by atoms with van der Waals surface area (Å²) >= 11 is 0. The second-order valence-corrected chi connectivity index (χ2v) is 6.04. The largest absolute Gasteiger partial charge is 0.381 e. The monoisotopic (exact) mass is 252 g/mol. The third-order valence-electron chi connectivity index (χ3n) is 3.15. The molecule has 0 aromatic carbocycles. The van der Waals surface area contributed by atoms with Crippen LogP contribution >= 0.6 is 0 Å². The number of hydrogen-bond donors (Lipinski definition) is 1. The zero-order chi connectivity index (χ0) is 13.0. The van der Waals surface area contributed by atoms with Gasteiger partial charge in [-0.15, -0.1) is 0 Å². The number of rotatable bonds is 4. The van der Waals surface area contributed by atoms with E-state index in [1.165, 1.54) is 0 Å². The highest BCUT2D eigenvalue weighted by Gasteiger charge is 2.15. The molecular formula is C13H24N4O. The maximum absolute atomic E-state index is 5.36. The van der Waals surface area contributed by atoms with Crippen molar-refractivity contribution in [3.8, 4) is 0 Å². The highest BCUT2D eigenvalue weighted by molar-refractivity contribution is 4.84. The molecule has 0 atom stereocenters. The highest BCUT2D eigenvalue weighted by Crippen LogP contribution is 2.16. The zero-order valence-electron chi connectivity index (χ0n) is 11.6. The fourth-order valence-corrected chi connectivity index (χ4v) is 2.04. The molecule has 1 aliphatic rings. The Balaban J connectivity index is 1.82. The van der Waals surface area contributed by atoms with E-state index in [9.17, 15) is 0 Å². The number of hydrogen-bond acceptors (Lipinski definition) is 4. The van der Waals surface area contributed by atoms with Gasteiger partial charge in [0.15, 0.2) is 5.82 Å². The van der Waals surface area contributed by atoms with Crippen molar-refractivity contribution in [3.05, 3.63) is 12.2 Å². The van der Waals surface area contributed by atoms with E-state index in [1.807, 2.05) is 11.0 Å². The SMILES string of the molecule is CC(C)(C)NCc1ncn(CC2CCOCC2)n1. The van der Waals surface area contributed by atoms with Crippen LogP contribution in [0.3, 0.4) is 0 Å². The lowest BCUT2D eigenvalue weighted by Gasteiger charge is -2.21. The summed E-state index contributed by atoms with van der Waals surface area (Å²) in [6.45, 7) is 9.90. The fraction of sp³-hybridized carbons (Fsp3) is 0.846. The lowest BCUT2D eigenvalue weighted by molar-refractivity contribution is 0.0601. The molecule has 5 heteroatoms. The fourth-order valence-electron chi connectivity index (χ4n) is 2.04. The summed E-state index contributed by atoms with van der Waals surface area (Å²) in [5.41, 5.74) is 0.103. The van der Waals surface area contributed by atoms with Gasteiger partial charge in [0.2, 0.25) is 0 Å². The molecule has 1 aromatic rings. The van der Waals surface area contributed by atoms with Crippen LogP contribution in [0.5, 0.6) is 0 Å². The summed E-state index contributed by atoms with van der Waals surface area (Å²) in [6, 6.07) is 0. The van der Waals surface area contributed by atoms with Gasteiger partial charge in [-0.3, -0.25) is 4.68 Å². The summed E-state index contributed by atoms with van der Waals surface area (Å²) in [4.78, 5) is 4.34. The van der Waals surface area contributed by atoms with E-state index in [0.29, 0.717) is 5.92 Å². The Morgan fingerprint density at radius 2 is 2.11 bits per heavy atom. The van der Waals surface area contributed by atoms with Gasteiger partial charge in [-0.05, 0) is 39.5 Å². The van der Waals surface area contributed by atoms with Crippen molar-refractivity contribution in [2.45, 2.75) is 52.2 Å². The molecule has 0 radical (unpaired) electrons. The van der Waals surface area contributed by atoms with E-state index in [1.54, 1.807) is 0 Å². The van der Waals surface area contributed by atoms with Crippen LogP contribution in [-0.2, 0) is 17.8 Å². The van der Waals surface area contributed by atoms with Crippen molar-refractivity contribution in [2.24, 2.45) is 5.92 Å². The van der Waals surface area contributed by atoms with E-state index in [4.69, 9.17) is 4.74 Å². The van der Waals surface area contributed by atoms with Gasteiger partial charge in [-0.1, -0.05) is 0 Å². The van der Waals surface area contributed by atoms with Crippen LogP contribution in [0.15, 0.2) is 6.33 Å². The molecule has 0 aliphatic carbocycles. The Morgan fingerprint density at radius 1 is 1.39 bits per heavy atom. The van der Waals surface area contributed by atoms with Crippen molar-refractivity contribution < 1.29 is 4.74 Å². The van der Waals surface area contributed by atoms with Crippen LogP contribution in [0, 0.1) is 5.92 Å². The molecule has 18 heavy (non-hydrogen) atoms. The van der Waals surface area contributed by atoms with Crippen molar-refractivity contribution in [2.75, 3.05) is 13.2 Å². The lowest BCUT2D eigenvalue weighted by atomic mass is 10.0. The summed E-state index contributed by atoms with van der Waals surface area (Å²) < 4.78 is 7.33. The molecule has 2 rings (SSSR count). The lowest BCUT2D eigenvalue weighted by Crippen LogP contribution is -2.35. The van der Waals surface area contributed by atoms with Gasteiger partial charge in [0.05, 0.1) is 6.54 Å². The Kier molecular flexibility index (Phi) is 4.35. The Morgan fingerprint density at radius 3 is 2.78 bits per heavy atom. The molecule has 0 spiro atoms. The minimum Gasteiger partial charge on any atom is -0.381 e. The van der Waals surface area contributed by atoms with Crippen LogP contribution < -0.4 is 5.32 Å². The van der Waals surface area contributed by atoms with Crippen LogP contribution in [0.4, 0.5) is 0 Å². The van der Waals surface area contributed by atoms with E-state index in [2.05, 4.69) is 36.2 Å². The van der Waals surface area contributed by atoms with Gasteiger partial charge in [0.25, 0.3) is 0 Å². The molecule has 0 saturated carbocycles. The molecular weight excluding hydrogens is 228 g/mol. The van der Waals surface area contributed by atoms with Crippen LogP contribution in [-0.4, -0.2) is 33.5 Å². The molecule has 0 bridgehead atoms. The van der Waals surface area contributed by atoms with Crippen molar-refractivity contribution in [1.82, 2.24) is 20.1 Å². The van der Waals surface area contributed by atoms with Gasteiger partial charge in [-0.2, -0.15) is 5.10 Å². The predicted octanol–water partition coefficient (Wildman–Crippen LogP) is 1.59. The molecule has 5 nitrogen and oxygen atoms in total. The first-order chi connectivity index (χ1) is 8.53. The minimum atomic E-state index is 0.103. The summed E-state index contributed by atoms with van der Waals surface area (Å²) in [7, 11) is 0. The van der Waals surface area contributed by atoms with Gasteiger partial charge < -0.3 is 10.1 Å². The van der Waals surface area contributed by atoms with Crippen molar-refractivity contribution in [1.29, 1.82) is 0 Å². The van der Waals surface area contributed by atoms with Gasteiger partial charge in [0, 0.05) is 25.3 Å². The molecule has 1 saturated heterocycles. The average molecular weight is 252 g/mol. The molecule has 1 aromatic heterocycles. The van der Waals surface area contributed by atoms with Crippen LogP contribution in [0.25, 0.3) is 0 Å². The molecule has 2 heterocycles. The van der Waals surface area contributed by atoms with E-state index in [-0.39, 0.29) is 5.54 Å². The van der Waals surface area contributed by atoms with E-state index < -0.39 is 0 Å². The Bertz CT molecular complexity index is 363. The molecule has 1 N–H and O–H groups in total. The summed E-state index contributed by atoms with van der Waals surface area (Å²) in [5, 5.41) is 7.91. The first kappa shape index (κ1) is 13.5. The topological polar surface area (TPSA) is 52.0 Å². The standard InChI is InChI=1S/C13H24N4O/c1-13(2,3)15-8-12-14-10-17(16-12)9-11-4-6-18-7-5-11/h10-11,15H,4-9H2,1-3H3. The second-order valence-electron chi connectivity index (χ2n) is 6.04. The molecule has 0 unspecified atom stereocenters. The van der Waals surface area contributed by atoms with E-state index >= 15 is 0 Å². The van der Waals surface area contributed by atoms with Gasteiger partial charge >= 0.3 is 0 Å². The predicted molar refractivity (Wildman–Crippen MR) is 70.2 cm³/mol. The Labute approximate surface area is 109 Å². The van der Waals surface area contributed by atoms with Crippen LogP contribution in [0.2, 0.25) is 0 Å². The minimum absolute atomic E-state index is 0.103. The van der Waals surface area contributed by atoms with Gasteiger partial charge in [-0.25, -0.2) is 4.98 Å². The second kappa shape index (κ2) is 5.80. The smallest absolute Gasteiger partial charge is 0.164 e. The quantitative estimate of drug-likeness (QED) is 0.884. The summed E-state index contributed by atoms with van der Waals surface area (Å²) in [5.74, 6) is 1.56. The number of nitrogens with zero attached hydrogens (tertiary/aromatic N) is 3. The third-order valence-corrected chi connectivity index (χ3v) is 3.15. The van der Waals surface area contributed by atoms with Crippen molar-refractivity contribution in [3.63, 3.8) is 0 Å². The molecule has 0 amide bonds. The summed E-state index contributed by atoms with van der Waals surface area (Å²) in [6.07, 6.45) is 4.11. The average Bonchev–Trinajstić information content (AvgIpc) is 2.75. The maximum atomic E-state index is 5.36. The zero-order valence-corrected chi connectivity index (χ0v) is 11.6. The van der Waals surface area contributed by atoms with E-state index in [0.717, 1.165) is 45.0 Å². The number of nitrogens with one attached hydrogen (secondary N) is 1. The normalized spacial score (nSPS) is 18.2. The number of aromatic nitrogens is 3. The molecule has 1 aliphatic heterocycles. The van der Waals surface area contributed by atoms with Crippen LogP contribution in [0.1, 0.15) is 39.4 Å². The molecule has 1 fully saturated rings. The highest BCUT2D eigenvalue weighted by atomic mass is 16.5. The third kappa shape index (κ3) is 4.38. The Hall–Kier alpha value is -0.940. The molecule has 102 valence electrons. The van der Waals surface area contributed by atoms with Crippen molar-refractivity contribution >= 4 is 0 Å².